The number of nitrogens with zero attached hydrogens (tertiary/aromatic N) is 4. The minimum Gasteiger partial charge on any atom is -0.335 e. The van der Waals surface area contributed by atoms with E-state index in [2.05, 4.69) is 16.9 Å². The van der Waals surface area contributed by atoms with Crippen LogP contribution in [-0.4, -0.2) is 64.3 Å². The SMILES string of the molecule is CCC(CN)N1CCN(C(=O)c2cc(C)nn2CC)CC1. The van der Waals surface area contributed by atoms with E-state index in [4.69, 9.17) is 5.73 Å². The Kier molecular flexibility index (Phi) is 5.36. The van der Waals surface area contributed by atoms with Gasteiger partial charge >= 0.3 is 0 Å². The Morgan fingerprint density at radius 1 is 1.33 bits per heavy atom. The smallest absolute Gasteiger partial charge is 0.272 e. The summed E-state index contributed by atoms with van der Waals surface area (Å²) in [5.41, 5.74) is 7.41. The van der Waals surface area contributed by atoms with Crippen LogP contribution in [0.25, 0.3) is 0 Å². The molecule has 0 aromatic carbocycles. The maximum absolute atomic E-state index is 12.6. The van der Waals surface area contributed by atoms with Crippen molar-refractivity contribution in [2.45, 2.75) is 39.8 Å². The van der Waals surface area contributed by atoms with E-state index < -0.39 is 0 Å². The second kappa shape index (κ2) is 7.04. The Labute approximate surface area is 126 Å². The van der Waals surface area contributed by atoms with Gasteiger partial charge in [0.05, 0.1) is 5.69 Å². The third kappa shape index (κ3) is 3.44. The molecule has 0 bridgehead atoms. The molecule has 0 spiro atoms. The second-order valence-electron chi connectivity index (χ2n) is 5.61. The molecule has 1 atom stereocenters. The van der Waals surface area contributed by atoms with Crippen LogP contribution >= 0.6 is 0 Å². The van der Waals surface area contributed by atoms with Crippen LogP contribution in [0.5, 0.6) is 0 Å². The van der Waals surface area contributed by atoms with E-state index in [1.165, 1.54) is 0 Å². The van der Waals surface area contributed by atoms with Gasteiger partial charge in [-0.05, 0) is 26.3 Å². The van der Waals surface area contributed by atoms with Crippen LogP contribution in [0, 0.1) is 6.92 Å². The zero-order valence-corrected chi connectivity index (χ0v) is 13.4. The summed E-state index contributed by atoms with van der Waals surface area (Å²) in [5.74, 6) is 0.0953. The topological polar surface area (TPSA) is 67.4 Å². The number of aryl methyl sites for hydroxylation is 2. The van der Waals surface area contributed by atoms with Gasteiger partial charge in [-0.3, -0.25) is 14.4 Å². The fourth-order valence-corrected chi connectivity index (χ4v) is 2.98. The molecule has 1 aliphatic rings. The molecule has 6 nitrogen and oxygen atoms in total. The minimum atomic E-state index is 0.0953. The molecule has 1 fully saturated rings. The molecule has 6 heteroatoms. The van der Waals surface area contributed by atoms with Gasteiger partial charge in [-0.2, -0.15) is 5.10 Å². The van der Waals surface area contributed by atoms with Crippen LogP contribution in [0.1, 0.15) is 36.5 Å². The molecule has 118 valence electrons. The van der Waals surface area contributed by atoms with Gasteiger partial charge in [0.25, 0.3) is 5.91 Å². The number of hydrogen-bond donors (Lipinski definition) is 1. The van der Waals surface area contributed by atoms with Crippen LogP contribution in [0.15, 0.2) is 6.07 Å². The van der Waals surface area contributed by atoms with E-state index in [-0.39, 0.29) is 5.91 Å². The highest BCUT2D eigenvalue weighted by Crippen LogP contribution is 2.13. The van der Waals surface area contributed by atoms with Gasteiger partial charge in [0, 0.05) is 45.3 Å². The summed E-state index contributed by atoms with van der Waals surface area (Å²) in [7, 11) is 0. The Bertz CT molecular complexity index is 472. The van der Waals surface area contributed by atoms with Crippen LogP contribution in [0.4, 0.5) is 0 Å². The summed E-state index contributed by atoms with van der Waals surface area (Å²) in [6.07, 6.45) is 1.06. The molecule has 2 rings (SSSR count). The lowest BCUT2D eigenvalue weighted by molar-refractivity contribution is 0.0560. The molecule has 1 unspecified atom stereocenters. The highest BCUT2D eigenvalue weighted by atomic mass is 16.2. The van der Waals surface area contributed by atoms with E-state index in [1.807, 2.05) is 24.8 Å². The Morgan fingerprint density at radius 3 is 2.52 bits per heavy atom. The predicted octanol–water partition coefficient (Wildman–Crippen LogP) is 0.707. The molecule has 1 aromatic rings. The normalized spacial score (nSPS) is 18.0. The summed E-state index contributed by atoms with van der Waals surface area (Å²) in [5, 5.41) is 4.36. The second-order valence-corrected chi connectivity index (χ2v) is 5.61. The van der Waals surface area contributed by atoms with Crippen molar-refractivity contribution >= 4 is 5.91 Å². The van der Waals surface area contributed by atoms with Crippen molar-refractivity contribution in [3.8, 4) is 0 Å². The van der Waals surface area contributed by atoms with Gasteiger partial charge in [-0.25, -0.2) is 0 Å². The number of rotatable bonds is 5. The van der Waals surface area contributed by atoms with Crippen LogP contribution in [-0.2, 0) is 6.54 Å². The lowest BCUT2D eigenvalue weighted by atomic mass is 10.1. The first kappa shape index (κ1) is 16.0. The number of amides is 1. The van der Waals surface area contributed by atoms with Gasteiger partial charge in [0.15, 0.2) is 0 Å². The van der Waals surface area contributed by atoms with E-state index in [9.17, 15) is 4.79 Å². The molecule has 2 heterocycles. The predicted molar refractivity (Wildman–Crippen MR) is 83.2 cm³/mol. The van der Waals surface area contributed by atoms with E-state index >= 15 is 0 Å². The molecule has 1 aliphatic heterocycles. The number of carbonyl (C=O) groups is 1. The molecule has 2 N–H and O–H groups in total. The van der Waals surface area contributed by atoms with Gasteiger partial charge in [-0.15, -0.1) is 0 Å². The van der Waals surface area contributed by atoms with Gasteiger partial charge < -0.3 is 10.6 Å². The fraction of sp³-hybridized carbons (Fsp3) is 0.733. The molecule has 0 aliphatic carbocycles. The van der Waals surface area contributed by atoms with Crippen LogP contribution in [0.2, 0.25) is 0 Å². The lowest BCUT2D eigenvalue weighted by Gasteiger charge is -2.38. The fourth-order valence-electron chi connectivity index (χ4n) is 2.98. The monoisotopic (exact) mass is 293 g/mol. The molecule has 1 amide bonds. The average Bonchev–Trinajstić information content (AvgIpc) is 2.89. The summed E-state index contributed by atoms with van der Waals surface area (Å²) >= 11 is 0. The van der Waals surface area contributed by atoms with Crippen molar-refractivity contribution in [3.05, 3.63) is 17.5 Å². The zero-order chi connectivity index (χ0) is 15.4. The first-order valence-corrected chi connectivity index (χ1v) is 7.88. The third-order valence-corrected chi connectivity index (χ3v) is 4.28. The molecular weight excluding hydrogens is 266 g/mol. The molecular formula is C15H27N5O. The maximum atomic E-state index is 12.6. The summed E-state index contributed by atoms with van der Waals surface area (Å²) in [6, 6.07) is 2.32. The molecule has 1 saturated heterocycles. The molecule has 0 saturated carbocycles. The number of carbonyl (C=O) groups excluding carboxylic acids is 1. The van der Waals surface area contributed by atoms with Crippen molar-refractivity contribution in [1.82, 2.24) is 19.6 Å². The van der Waals surface area contributed by atoms with Crippen molar-refractivity contribution in [2.24, 2.45) is 5.73 Å². The first-order chi connectivity index (χ1) is 10.1. The number of piperazine rings is 1. The summed E-state index contributed by atoms with van der Waals surface area (Å²) in [6.45, 7) is 10.8. The molecule has 0 radical (unpaired) electrons. The van der Waals surface area contributed by atoms with Crippen molar-refractivity contribution in [1.29, 1.82) is 0 Å². The number of hydrogen-bond acceptors (Lipinski definition) is 4. The first-order valence-electron chi connectivity index (χ1n) is 7.88. The van der Waals surface area contributed by atoms with E-state index in [1.54, 1.807) is 4.68 Å². The third-order valence-electron chi connectivity index (χ3n) is 4.28. The standard InChI is InChI=1S/C15H27N5O/c1-4-13(11-16)18-6-8-19(9-7-18)15(21)14-10-12(3)17-20(14)5-2/h10,13H,4-9,11,16H2,1-3H3. The van der Waals surface area contributed by atoms with Gasteiger partial charge in [0.1, 0.15) is 5.69 Å². The van der Waals surface area contributed by atoms with E-state index in [0.29, 0.717) is 18.3 Å². The summed E-state index contributed by atoms with van der Waals surface area (Å²) in [4.78, 5) is 17.0. The zero-order valence-electron chi connectivity index (χ0n) is 13.4. The van der Waals surface area contributed by atoms with Gasteiger partial charge in [0.2, 0.25) is 0 Å². The van der Waals surface area contributed by atoms with Crippen LogP contribution in [0.3, 0.4) is 0 Å². The van der Waals surface area contributed by atoms with Crippen LogP contribution < -0.4 is 5.73 Å². The van der Waals surface area contributed by atoms with E-state index in [0.717, 1.165) is 44.8 Å². The highest BCUT2D eigenvalue weighted by Gasteiger charge is 2.26. The number of aromatic nitrogens is 2. The Hall–Kier alpha value is -1.40. The Balaban J connectivity index is 2.00. The maximum Gasteiger partial charge on any atom is 0.272 e. The van der Waals surface area contributed by atoms with Crippen molar-refractivity contribution < 1.29 is 4.79 Å². The summed E-state index contributed by atoms with van der Waals surface area (Å²) < 4.78 is 1.79. The minimum absolute atomic E-state index is 0.0953. The lowest BCUT2D eigenvalue weighted by Crippen LogP contribution is -2.53. The highest BCUT2D eigenvalue weighted by molar-refractivity contribution is 5.92. The molecule has 1 aromatic heterocycles. The van der Waals surface area contributed by atoms with Crippen molar-refractivity contribution in [3.63, 3.8) is 0 Å². The molecule has 21 heavy (non-hydrogen) atoms. The van der Waals surface area contributed by atoms with Gasteiger partial charge in [-0.1, -0.05) is 6.92 Å². The number of nitrogens with two attached hydrogens (primary N) is 1. The largest absolute Gasteiger partial charge is 0.335 e. The Morgan fingerprint density at radius 2 is 2.00 bits per heavy atom. The quantitative estimate of drug-likeness (QED) is 0.868. The average molecular weight is 293 g/mol. The van der Waals surface area contributed by atoms with Crippen molar-refractivity contribution in [2.75, 3.05) is 32.7 Å².